The van der Waals surface area contributed by atoms with Gasteiger partial charge in [-0.25, -0.2) is 0 Å². The Kier molecular flexibility index (Phi) is 10.1. The molecule has 0 aliphatic carbocycles. The van der Waals surface area contributed by atoms with Crippen LogP contribution >= 0.6 is 0 Å². The van der Waals surface area contributed by atoms with Crippen molar-refractivity contribution < 1.29 is 0 Å². The SMILES string of the molecule is Cc1ccc(-c2c(-c3c4ccccc4c(-c4ccccc4)c4ccccc34)ccc3c2ccc2c(-c4ccc(C(C)(C)C)cc4)c(-c4c5ccccc5c(-c5ccccc5)c5ccccc45)ccc23)cc1. The Bertz CT molecular complexity index is 4090. The lowest BCUT2D eigenvalue weighted by Crippen LogP contribution is -2.10. The van der Waals surface area contributed by atoms with E-state index >= 15 is 0 Å². The zero-order chi connectivity index (χ0) is 47.8. The summed E-state index contributed by atoms with van der Waals surface area (Å²) < 4.78 is 0. The van der Waals surface area contributed by atoms with Gasteiger partial charge in [-0.05, 0) is 149 Å². The molecule has 0 spiro atoms. The number of hydrogen-bond acceptors (Lipinski definition) is 0. The number of benzene rings is 13. The van der Waals surface area contributed by atoms with Crippen molar-refractivity contribution in [1.29, 1.82) is 0 Å². The third-order valence-corrected chi connectivity index (χ3v) is 15.1. The highest BCUT2D eigenvalue weighted by Crippen LogP contribution is 2.52. The number of hydrogen-bond donors (Lipinski definition) is 0. The molecule has 0 unspecified atom stereocenters. The summed E-state index contributed by atoms with van der Waals surface area (Å²) in [6.07, 6.45) is 0. The molecule has 0 saturated carbocycles. The fourth-order valence-electron chi connectivity index (χ4n) is 11.8. The molecule has 0 heterocycles. The Morgan fingerprint density at radius 1 is 0.211 bits per heavy atom. The van der Waals surface area contributed by atoms with Gasteiger partial charge in [0.25, 0.3) is 0 Å². The van der Waals surface area contributed by atoms with E-state index in [2.05, 4.69) is 270 Å². The molecule has 0 saturated heterocycles. The summed E-state index contributed by atoms with van der Waals surface area (Å²) in [7, 11) is 0. The van der Waals surface area contributed by atoms with Gasteiger partial charge in [0.1, 0.15) is 0 Å². The second kappa shape index (κ2) is 16.8. The van der Waals surface area contributed by atoms with Crippen molar-refractivity contribution in [3.05, 3.63) is 254 Å². The number of rotatable bonds is 6. The Labute approximate surface area is 416 Å². The van der Waals surface area contributed by atoms with E-state index in [1.165, 1.54) is 143 Å². The fourth-order valence-corrected chi connectivity index (χ4v) is 11.8. The van der Waals surface area contributed by atoms with Gasteiger partial charge < -0.3 is 0 Å². The summed E-state index contributed by atoms with van der Waals surface area (Å²) in [5, 5.41) is 15.0. The molecule has 0 bridgehead atoms. The van der Waals surface area contributed by atoms with Crippen LogP contribution in [-0.2, 0) is 5.41 Å². The first-order valence-corrected chi connectivity index (χ1v) is 25.0. The average Bonchev–Trinajstić information content (AvgIpc) is 3.41. The van der Waals surface area contributed by atoms with Gasteiger partial charge in [0.2, 0.25) is 0 Å². The maximum Gasteiger partial charge on any atom is -0.00199 e. The zero-order valence-electron chi connectivity index (χ0n) is 40.6. The van der Waals surface area contributed by atoms with Crippen molar-refractivity contribution in [2.75, 3.05) is 0 Å². The van der Waals surface area contributed by atoms with Gasteiger partial charge in [-0.3, -0.25) is 0 Å². The quantitative estimate of drug-likeness (QED) is 0.115. The van der Waals surface area contributed by atoms with Crippen LogP contribution in [0.4, 0.5) is 0 Å². The smallest absolute Gasteiger partial charge is 0.00199 e. The van der Waals surface area contributed by atoms with E-state index in [0.29, 0.717) is 0 Å². The maximum absolute atomic E-state index is 2.42. The lowest BCUT2D eigenvalue weighted by Gasteiger charge is -2.23. The molecule has 336 valence electrons. The first-order chi connectivity index (χ1) is 34.8. The lowest BCUT2D eigenvalue weighted by atomic mass is 9.80. The van der Waals surface area contributed by atoms with E-state index in [0.717, 1.165) is 0 Å². The third kappa shape index (κ3) is 6.97. The normalized spacial score (nSPS) is 11.9. The van der Waals surface area contributed by atoms with Gasteiger partial charge in [-0.15, -0.1) is 0 Å². The van der Waals surface area contributed by atoms with E-state index in [1.54, 1.807) is 0 Å². The molecule has 13 rings (SSSR count). The van der Waals surface area contributed by atoms with E-state index in [1.807, 2.05) is 0 Å². The molecule has 0 aliphatic rings. The van der Waals surface area contributed by atoms with Crippen LogP contribution in [-0.4, -0.2) is 0 Å². The number of fused-ring (bicyclic) bond motifs is 7. The summed E-state index contributed by atoms with van der Waals surface area (Å²) in [4.78, 5) is 0. The van der Waals surface area contributed by atoms with Crippen molar-refractivity contribution in [1.82, 2.24) is 0 Å². The monoisotopic (exact) mass is 904 g/mol. The third-order valence-electron chi connectivity index (χ3n) is 15.1. The van der Waals surface area contributed by atoms with Gasteiger partial charge in [0.15, 0.2) is 0 Å². The Balaban J connectivity index is 1.14. The van der Waals surface area contributed by atoms with Crippen LogP contribution in [0.1, 0.15) is 31.9 Å². The first kappa shape index (κ1) is 42.5. The van der Waals surface area contributed by atoms with Crippen LogP contribution in [0.25, 0.3) is 131 Å². The molecular weight excluding hydrogens is 853 g/mol. The standard InChI is InChI=1S/C71H52/c1-45-31-33-48(34-32-45)67-61-41-42-62-52(51(61)39-43-63(67)69-57-27-15-11-23-53(57)65(46-19-7-5-8-20-46)54-24-12-16-28-58(54)69)40-44-64(68(62)49-35-37-50(38-36-49)71(2,3)4)70-59-29-17-13-25-55(59)66(47-21-9-6-10-22-47)56-26-14-18-30-60(56)70/h5-44H,1-4H3. The van der Waals surface area contributed by atoms with Crippen LogP contribution < -0.4 is 0 Å². The average molecular weight is 905 g/mol. The van der Waals surface area contributed by atoms with Crippen molar-refractivity contribution in [3.8, 4) is 66.8 Å². The molecule has 13 aromatic carbocycles. The fraction of sp³-hybridized carbons (Fsp3) is 0.0704. The highest BCUT2D eigenvalue weighted by molar-refractivity contribution is 6.28. The minimum atomic E-state index is 0.0264. The Morgan fingerprint density at radius 2 is 0.479 bits per heavy atom. The molecule has 0 amide bonds. The largest absolute Gasteiger partial charge is 0.0622 e. The second-order valence-electron chi connectivity index (χ2n) is 20.3. The van der Waals surface area contributed by atoms with E-state index in [9.17, 15) is 0 Å². The van der Waals surface area contributed by atoms with Crippen LogP contribution in [0.5, 0.6) is 0 Å². The molecule has 13 aromatic rings. The van der Waals surface area contributed by atoms with Gasteiger partial charge >= 0.3 is 0 Å². The van der Waals surface area contributed by atoms with Gasteiger partial charge in [0, 0.05) is 0 Å². The van der Waals surface area contributed by atoms with Crippen molar-refractivity contribution in [3.63, 3.8) is 0 Å². The summed E-state index contributed by atoms with van der Waals surface area (Å²) in [6.45, 7) is 9.08. The van der Waals surface area contributed by atoms with E-state index in [4.69, 9.17) is 0 Å². The summed E-state index contributed by atoms with van der Waals surface area (Å²) in [5.74, 6) is 0. The molecule has 0 fully saturated rings. The molecule has 0 nitrogen and oxygen atoms in total. The number of aryl methyl sites for hydroxylation is 1. The molecule has 0 heteroatoms. The van der Waals surface area contributed by atoms with Gasteiger partial charge in [-0.2, -0.15) is 0 Å². The molecule has 0 N–H and O–H groups in total. The zero-order valence-corrected chi connectivity index (χ0v) is 40.6. The second-order valence-corrected chi connectivity index (χ2v) is 20.3. The van der Waals surface area contributed by atoms with Gasteiger partial charge in [-0.1, -0.05) is 269 Å². The van der Waals surface area contributed by atoms with E-state index < -0.39 is 0 Å². The summed E-state index contributed by atoms with van der Waals surface area (Å²) in [5.41, 5.74) is 17.5. The molecule has 0 aliphatic heterocycles. The predicted octanol–water partition coefficient (Wildman–Crippen LogP) is 20.2. The van der Waals surface area contributed by atoms with Crippen molar-refractivity contribution in [2.24, 2.45) is 0 Å². The molecular formula is C71H52. The first-order valence-electron chi connectivity index (χ1n) is 25.0. The van der Waals surface area contributed by atoms with Crippen molar-refractivity contribution in [2.45, 2.75) is 33.1 Å². The predicted molar refractivity (Wildman–Crippen MR) is 308 cm³/mol. The minimum Gasteiger partial charge on any atom is -0.0622 e. The topological polar surface area (TPSA) is 0 Å². The summed E-state index contributed by atoms with van der Waals surface area (Å²) >= 11 is 0. The molecule has 0 aromatic heterocycles. The van der Waals surface area contributed by atoms with Crippen LogP contribution in [0.2, 0.25) is 0 Å². The van der Waals surface area contributed by atoms with Crippen LogP contribution in [0, 0.1) is 6.92 Å². The minimum absolute atomic E-state index is 0.0264. The maximum atomic E-state index is 2.42. The van der Waals surface area contributed by atoms with E-state index in [-0.39, 0.29) is 5.41 Å². The molecule has 0 atom stereocenters. The van der Waals surface area contributed by atoms with Gasteiger partial charge in [0.05, 0.1) is 0 Å². The summed E-state index contributed by atoms with van der Waals surface area (Å²) in [6, 6.07) is 91.0. The Hall–Kier alpha value is -8.58. The Morgan fingerprint density at radius 3 is 0.817 bits per heavy atom. The van der Waals surface area contributed by atoms with Crippen LogP contribution in [0.3, 0.4) is 0 Å². The van der Waals surface area contributed by atoms with Crippen molar-refractivity contribution >= 4 is 64.6 Å². The van der Waals surface area contributed by atoms with Crippen LogP contribution in [0.15, 0.2) is 243 Å². The molecule has 0 radical (unpaired) electrons. The highest BCUT2D eigenvalue weighted by atomic mass is 14.3. The lowest BCUT2D eigenvalue weighted by molar-refractivity contribution is 0.590. The molecule has 71 heavy (non-hydrogen) atoms. The highest BCUT2D eigenvalue weighted by Gasteiger charge is 2.25.